The summed E-state index contributed by atoms with van der Waals surface area (Å²) in [5, 5.41) is 31.6. The van der Waals surface area contributed by atoms with Gasteiger partial charge in [-0.05, 0) is 44.9 Å². The topological polar surface area (TPSA) is 175 Å². The van der Waals surface area contributed by atoms with Crippen LogP contribution in [0.4, 0.5) is 0 Å². The van der Waals surface area contributed by atoms with Gasteiger partial charge in [0, 0.05) is 12.8 Å². The Balaban J connectivity index is 2.68. The Morgan fingerprint density at radius 1 is 0.430 bits per heavy atom. The minimum absolute atomic E-state index is 0.0121. The molecule has 0 radical (unpaired) electrons. The molecule has 0 saturated carbocycles. The number of allylic oxidation sites excluding steroid dienone is 9. The first-order valence-electron chi connectivity index (χ1n) is 32.3. The number of aliphatic carboxylic acids is 1. The maximum Gasteiger partial charge on any atom is 0.335 e. The van der Waals surface area contributed by atoms with Gasteiger partial charge in [0.2, 0.25) is 0 Å². The van der Waals surface area contributed by atoms with Crippen molar-refractivity contribution in [2.45, 2.75) is 327 Å². The van der Waals surface area contributed by atoms with Gasteiger partial charge in [-0.3, -0.25) is 14.4 Å². The van der Waals surface area contributed by atoms with E-state index >= 15 is 0 Å². The number of carbonyl (C=O) groups excluding carboxylic acids is 3. The van der Waals surface area contributed by atoms with Crippen LogP contribution in [0, 0.1) is 0 Å². The van der Waals surface area contributed by atoms with Crippen molar-refractivity contribution in [3.8, 4) is 0 Å². The molecule has 0 bridgehead atoms. The van der Waals surface area contributed by atoms with E-state index in [1.807, 2.05) is 12.2 Å². The van der Waals surface area contributed by atoms with Crippen LogP contribution >= 0.6 is 0 Å². The fraction of sp³-hybridized carbons (Fsp3) is 0.791. The molecule has 0 aromatic heterocycles. The van der Waals surface area contributed by atoms with Crippen molar-refractivity contribution >= 4 is 23.9 Å². The van der Waals surface area contributed by atoms with Gasteiger partial charge in [0.15, 0.2) is 24.6 Å². The van der Waals surface area contributed by atoms with E-state index in [9.17, 15) is 34.5 Å². The molecule has 6 atom stereocenters. The van der Waals surface area contributed by atoms with E-state index in [0.717, 1.165) is 70.6 Å². The molecule has 1 rings (SSSR count). The molecular weight excluding hydrogens is 997 g/mol. The Morgan fingerprint density at radius 3 is 1.16 bits per heavy atom. The Kier molecular flexibility index (Phi) is 51.1. The molecule has 79 heavy (non-hydrogen) atoms. The summed E-state index contributed by atoms with van der Waals surface area (Å²) >= 11 is 0. The molecule has 1 aliphatic heterocycles. The number of unbranched alkanes of at least 4 members (excludes halogenated alkanes) is 32. The second-order valence-corrected chi connectivity index (χ2v) is 22.1. The number of rotatable bonds is 55. The Labute approximate surface area is 481 Å². The summed E-state index contributed by atoms with van der Waals surface area (Å²) in [5.74, 6) is -3.26. The molecule has 0 aliphatic carbocycles. The number of esters is 3. The van der Waals surface area contributed by atoms with Crippen LogP contribution in [0.3, 0.4) is 0 Å². The Bertz CT molecular complexity index is 1600. The van der Waals surface area contributed by atoms with Crippen molar-refractivity contribution in [1.29, 1.82) is 0 Å². The van der Waals surface area contributed by atoms with Gasteiger partial charge in [0.1, 0.15) is 18.8 Å². The van der Waals surface area contributed by atoms with Gasteiger partial charge in [-0.25, -0.2) is 4.79 Å². The minimum Gasteiger partial charge on any atom is -0.479 e. The average molecular weight is 1110 g/mol. The molecule has 0 aromatic rings. The van der Waals surface area contributed by atoms with Crippen LogP contribution in [0.1, 0.15) is 290 Å². The van der Waals surface area contributed by atoms with Crippen LogP contribution in [0.2, 0.25) is 0 Å². The van der Waals surface area contributed by atoms with Crippen LogP contribution in [0.5, 0.6) is 0 Å². The van der Waals surface area contributed by atoms with Crippen molar-refractivity contribution in [3.63, 3.8) is 0 Å². The molecule has 1 heterocycles. The molecule has 12 nitrogen and oxygen atoms in total. The number of carbonyl (C=O) groups is 4. The summed E-state index contributed by atoms with van der Waals surface area (Å²) < 4.78 is 28.4. The van der Waals surface area contributed by atoms with Crippen molar-refractivity contribution in [3.05, 3.63) is 60.8 Å². The molecule has 1 saturated heterocycles. The summed E-state index contributed by atoms with van der Waals surface area (Å²) in [6, 6.07) is 0. The van der Waals surface area contributed by atoms with Gasteiger partial charge < -0.3 is 39.0 Å². The van der Waals surface area contributed by atoms with Crippen LogP contribution in [-0.2, 0) is 42.9 Å². The van der Waals surface area contributed by atoms with Crippen LogP contribution in [0.25, 0.3) is 0 Å². The normalized spacial score (nSPS) is 18.2. The number of aliphatic hydroxyl groups is 2. The largest absolute Gasteiger partial charge is 0.479 e. The van der Waals surface area contributed by atoms with Crippen LogP contribution < -0.4 is 0 Å². The standard InChI is InChI=1S/C67H116O12/c1-4-7-10-13-16-19-22-25-28-29-30-31-34-37-40-43-46-49-52-55-61(70)78-65-63(72)62(71)64(66(73)74)79-67(65)76-57-58(77-60(69)54-51-48-45-42-39-36-33-27-24-21-18-15-12-9-6-3)56-75-59(68)53-50-47-44-41-38-35-32-26-23-20-17-14-11-8-5-2/h8,11,17,20,26,32,38,41,47,50,58,62-65,67,71-72H,4-7,9-10,12-16,18-19,21-25,27-31,33-37,39-40,42-46,48-49,51-57H2,1-3H3,(H,73,74)/b11-8-,20-17-,32-26-,41-38-,50-47-. The lowest BCUT2D eigenvalue weighted by molar-refractivity contribution is -0.301. The molecule has 3 N–H and O–H groups in total. The third-order valence-electron chi connectivity index (χ3n) is 14.6. The molecule has 6 unspecified atom stereocenters. The number of carboxylic acid groups (broad SMARTS) is 1. The van der Waals surface area contributed by atoms with E-state index in [4.69, 9.17) is 23.7 Å². The van der Waals surface area contributed by atoms with Crippen molar-refractivity contribution in [2.24, 2.45) is 0 Å². The number of carboxylic acids is 1. The maximum atomic E-state index is 13.2. The smallest absolute Gasteiger partial charge is 0.335 e. The fourth-order valence-corrected chi connectivity index (χ4v) is 9.74. The van der Waals surface area contributed by atoms with E-state index in [1.54, 1.807) is 6.08 Å². The third-order valence-corrected chi connectivity index (χ3v) is 14.6. The quantitative estimate of drug-likeness (QED) is 0.0228. The van der Waals surface area contributed by atoms with Gasteiger partial charge in [-0.15, -0.1) is 0 Å². The zero-order valence-electron chi connectivity index (χ0n) is 50.4. The molecule has 0 aromatic carbocycles. The number of hydrogen-bond donors (Lipinski definition) is 3. The van der Waals surface area contributed by atoms with E-state index in [2.05, 4.69) is 63.3 Å². The molecule has 12 heteroatoms. The predicted molar refractivity (Wildman–Crippen MR) is 322 cm³/mol. The summed E-state index contributed by atoms with van der Waals surface area (Å²) in [5.41, 5.74) is 0. The van der Waals surface area contributed by atoms with E-state index < -0.39 is 67.3 Å². The van der Waals surface area contributed by atoms with Crippen LogP contribution in [0.15, 0.2) is 60.8 Å². The maximum absolute atomic E-state index is 13.2. The molecule has 1 aliphatic rings. The van der Waals surface area contributed by atoms with Crippen molar-refractivity contribution in [1.82, 2.24) is 0 Å². The Hall–Kier alpha value is -3.58. The molecule has 1 fully saturated rings. The van der Waals surface area contributed by atoms with Crippen molar-refractivity contribution in [2.75, 3.05) is 13.2 Å². The molecule has 0 amide bonds. The second-order valence-electron chi connectivity index (χ2n) is 22.1. The lowest BCUT2D eigenvalue weighted by Gasteiger charge is -2.40. The monoisotopic (exact) mass is 1110 g/mol. The zero-order chi connectivity index (χ0) is 57.5. The molecule has 456 valence electrons. The van der Waals surface area contributed by atoms with E-state index in [1.165, 1.54) is 161 Å². The number of aliphatic hydroxyl groups excluding tert-OH is 2. The minimum atomic E-state index is -1.91. The van der Waals surface area contributed by atoms with Gasteiger partial charge in [0.05, 0.1) is 13.0 Å². The first kappa shape index (κ1) is 73.4. The average Bonchev–Trinajstić information content (AvgIpc) is 3.46. The highest BCUT2D eigenvalue weighted by atomic mass is 16.7. The second kappa shape index (κ2) is 55.0. The molecular formula is C67H116O12. The first-order chi connectivity index (χ1) is 38.6. The van der Waals surface area contributed by atoms with Gasteiger partial charge in [-0.2, -0.15) is 0 Å². The highest BCUT2D eigenvalue weighted by molar-refractivity contribution is 5.74. The number of ether oxygens (including phenoxy) is 5. The van der Waals surface area contributed by atoms with Crippen molar-refractivity contribution < 1.29 is 58.2 Å². The van der Waals surface area contributed by atoms with E-state index in [-0.39, 0.29) is 25.9 Å². The highest BCUT2D eigenvalue weighted by Crippen LogP contribution is 2.27. The SMILES string of the molecule is CC/C=C\C/C=C\C/C=C\C/C=C\C/C=C\CC(=O)OCC(COC1OC(C(=O)O)C(O)C(O)C1OC(=O)CCCCCCCCCCCCCCCCCCCCC)OC(=O)CCCCCCCCCCCCCCCCC. The number of hydrogen-bond acceptors (Lipinski definition) is 11. The summed E-state index contributed by atoms with van der Waals surface area (Å²) in [6.45, 7) is 5.84. The highest BCUT2D eigenvalue weighted by Gasteiger charge is 2.50. The fourth-order valence-electron chi connectivity index (χ4n) is 9.74. The zero-order valence-corrected chi connectivity index (χ0v) is 50.4. The Morgan fingerprint density at radius 2 is 0.785 bits per heavy atom. The van der Waals surface area contributed by atoms with E-state index in [0.29, 0.717) is 19.3 Å². The summed E-state index contributed by atoms with van der Waals surface area (Å²) in [6.07, 6.45) is 56.4. The predicted octanol–water partition coefficient (Wildman–Crippen LogP) is 17.1. The van der Waals surface area contributed by atoms with Gasteiger partial charge in [0.25, 0.3) is 0 Å². The third kappa shape index (κ3) is 44.7. The first-order valence-corrected chi connectivity index (χ1v) is 32.3. The van der Waals surface area contributed by atoms with Crippen LogP contribution in [-0.4, -0.2) is 89.2 Å². The molecule has 0 spiro atoms. The summed E-state index contributed by atoms with van der Waals surface area (Å²) in [4.78, 5) is 51.2. The lowest BCUT2D eigenvalue weighted by atomic mass is 9.98. The summed E-state index contributed by atoms with van der Waals surface area (Å²) in [7, 11) is 0. The van der Waals surface area contributed by atoms with Gasteiger partial charge in [-0.1, -0.05) is 287 Å². The lowest BCUT2D eigenvalue weighted by Crippen LogP contribution is -2.61. The van der Waals surface area contributed by atoms with Gasteiger partial charge >= 0.3 is 23.9 Å².